The number of nitrogens with one attached hydrogen (secondary N) is 2. The molecule has 2 atom stereocenters. The normalized spacial score (nSPS) is 21.7. The molecule has 9 nitrogen and oxygen atoms in total. The molecular formula is C20H18FN5O4. The number of rotatable bonds is 4. The van der Waals surface area contributed by atoms with Crippen LogP contribution in [-0.2, 0) is 9.59 Å². The SMILES string of the molecule is O=C(CN1N=CN2NC(c3ccc(F)cc3)CC2C1=O)Nc1ccc2c(c1)OCO2. The highest BCUT2D eigenvalue weighted by molar-refractivity contribution is 5.96. The molecule has 154 valence electrons. The third-order valence-corrected chi connectivity index (χ3v) is 5.18. The lowest BCUT2D eigenvalue weighted by Gasteiger charge is -2.29. The molecule has 2 aromatic carbocycles. The summed E-state index contributed by atoms with van der Waals surface area (Å²) >= 11 is 0. The summed E-state index contributed by atoms with van der Waals surface area (Å²) in [6.07, 6.45) is 1.97. The van der Waals surface area contributed by atoms with E-state index >= 15 is 0 Å². The van der Waals surface area contributed by atoms with E-state index in [1.807, 2.05) is 0 Å². The maximum atomic E-state index is 13.2. The van der Waals surface area contributed by atoms with Gasteiger partial charge in [-0.1, -0.05) is 12.1 Å². The summed E-state index contributed by atoms with van der Waals surface area (Å²) in [5, 5.41) is 9.60. The first-order chi connectivity index (χ1) is 14.6. The van der Waals surface area contributed by atoms with Crippen LogP contribution in [0.1, 0.15) is 18.0 Å². The van der Waals surface area contributed by atoms with Gasteiger partial charge in [0.2, 0.25) is 12.7 Å². The number of hydrogen-bond donors (Lipinski definition) is 2. The van der Waals surface area contributed by atoms with Crippen LogP contribution in [0.4, 0.5) is 10.1 Å². The van der Waals surface area contributed by atoms with Crippen molar-refractivity contribution >= 4 is 23.8 Å². The number of anilines is 1. The number of amides is 2. The quantitative estimate of drug-likeness (QED) is 0.794. The molecule has 1 saturated heterocycles. The first kappa shape index (κ1) is 18.4. The number of benzene rings is 2. The molecule has 5 rings (SSSR count). The van der Waals surface area contributed by atoms with E-state index in [-0.39, 0.29) is 37.0 Å². The number of nitrogens with zero attached hydrogens (tertiary/aromatic N) is 3. The van der Waals surface area contributed by atoms with Gasteiger partial charge in [0, 0.05) is 11.8 Å². The zero-order valence-electron chi connectivity index (χ0n) is 15.7. The smallest absolute Gasteiger partial charge is 0.267 e. The highest BCUT2D eigenvalue weighted by atomic mass is 19.1. The number of ether oxygens (including phenoxy) is 2. The Morgan fingerprint density at radius 2 is 2.00 bits per heavy atom. The lowest BCUT2D eigenvalue weighted by molar-refractivity contribution is -0.139. The molecule has 10 heteroatoms. The van der Waals surface area contributed by atoms with Crippen molar-refractivity contribution in [2.24, 2.45) is 5.10 Å². The van der Waals surface area contributed by atoms with Crippen molar-refractivity contribution in [3.05, 3.63) is 53.8 Å². The van der Waals surface area contributed by atoms with Gasteiger partial charge in [0.05, 0.1) is 6.04 Å². The van der Waals surface area contributed by atoms with Gasteiger partial charge in [0.1, 0.15) is 24.7 Å². The Morgan fingerprint density at radius 1 is 1.20 bits per heavy atom. The zero-order chi connectivity index (χ0) is 20.7. The molecule has 2 unspecified atom stereocenters. The van der Waals surface area contributed by atoms with E-state index < -0.39 is 6.04 Å². The van der Waals surface area contributed by atoms with Crippen LogP contribution < -0.4 is 20.2 Å². The monoisotopic (exact) mass is 411 g/mol. The molecule has 0 aliphatic carbocycles. The van der Waals surface area contributed by atoms with Crippen molar-refractivity contribution in [1.29, 1.82) is 0 Å². The maximum Gasteiger partial charge on any atom is 0.267 e. The lowest BCUT2D eigenvalue weighted by Crippen LogP contribution is -2.52. The molecule has 30 heavy (non-hydrogen) atoms. The van der Waals surface area contributed by atoms with Crippen LogP contribution in [0.3, 0.4) is 0 Å². The van der Waals surface area contributed by atoms with Crippen LogP contribution >= 0.6 is 0 Å². The van der Waals surface area contributed by atoms with E-state index in [4.69, 9.17) is 9.47 Å². The average molecular weight is 411 g/mol. The van der Waals surface area contributed by atoms with E-state index in [0.29, 0.717) is 23.6 Å². The molecule has 0 saturated carbocycles. The van der Waals surface area contributed by atoms with E-state index in [9.17, 15) is 14.0 Å². The summed E-state index contributed by atoms with van der Waals surface area (Å²) in [7, 11) is 0. The van der Waals surface area contributed by atoms with Crippen LogP contribution in [0.2, 0.25) is 0 Å². The van der Waals surface area contributed by atoms with Gasteiger partial charge in [-0.2, -0.15) is 5.10 Å². The summed E-state index contributed by atoms with van der Waals surface area (Å²) < 4.78 is 23.7. The van der Waals surface area contributed by atoms with Crippen molar-refractivity contribution in [2.45, 2.75) is 18.5 Å². The second kappa shape index (κ2) is 7.30. The Balaban J connectivity index is 1.22. The van der Waals surface area contributed by atoms with Crippen molar-refractivity contribution in [1.82, 2.24) is 15.4 Å². The highest BCUT2D eigenvalue weighted by Crippen LogP contribution is 2.34. The Hall–Kier alpha value is -3.66. The molecule has 3 aliphatic rings. The Kier molecular flexibility index (Phi) is 4.47. The van der Waals surface area contributed by atoms with Gasteiger partial charge in [0.25, 0.3) is 5.91 Å². The van der Waals surface area contributed by atoms with Crippen LogP contribution in [0.15, 0.2) is 47.6 Å². The minimum absolute atomic E-state index is 0.145. The number of carbonyl (C=O) groups is 2. The van der Waals surface area contributed by atoms with E-state index in [2.05, 4.69) is 15.8 Å². The molecule has 3 aliphatic heterocycles. The number of halogens is 1. The number of hydrazone groups is 1. The van der Waals surface area contributed by atoms with Crippen LogP contribution in [0, 0.1) is 5.82 Å². The lowest BCUT2D eigenvalue weighted by atomic mass is 10.0. The fourth-order valence-corrected chi connectivity index (χ4v) is 3.68. The second-order valence-electron chi connectivity index (χ2n) is 7.14. The van der Waals surface area contributed by atoms with Gasteiger partial charge in [0.15, 0.2) is 11.5 Å². The Bertz CT molecular complexity index is 1030. The first-order valence-electron chi connectivity index (χ1n) is 9.42. The van der Waals surface area contributed by atoms with Gasteiger partial charge in [-0.3, -0.25) is 14.6 Å². The van der Waals surface area contributed by atoms with Crippen molar-refractivity contribution in [2.75, 3.05) is 18.7 Å². The van der Waals surface area contributed by atoms with Crippen LogP contribution in [0.25, 0.3) is 0 Å². The largest absolute Gasteiger partial charge is 0.454 e. The summed E-state index contributed by atoms with van der Waals surface area (Å²) in [4.78, 5) is 25.3. The topological polar surface area (TPSA) is 95.5 Å². The second-order valence-corrected chi connectivity index (χ2v) is 7.14. The Labute approximate surface area is 171 Å². The minimum Gasteiger partial charge on any atom is -0.454 e. The summed E-state index contributed by atoms with van der Waals surface area (Å²) in [6, 6.07) is 10.6. The third-order valence-electron chi connectivity index (χ3n) is 5.18. The number of hydrazine groups is 1. The van der Waals surface area contributed by atoms with Crippen LogP contribution in [0.5, 0.6) is 11.5 Å². The average Bonchev–Trinajstić information content (AvgIpc) is 3.37. The molecule has 2 N–H and O–H groups in total. The molecule has 1 fully saturated rings. The predicted octanol–water partition coefficient (Wildman–Crippen LogP) is 1.60. The van der Waals surface area contributed by atoms with Gasteiger partial charge in [-0.05, 0) is 36.2 Å². The molecule has 3 heterocycles. The van der Waals surface area contributed by atoms with Gasteiger partial charge < -0.3 is 14.8 Å². The summed E-state index contributed by atoms with van der Waals surface area (Å²) in [5.74, 6) is 0.198. The summed E-state index contributed by atoms with van der Waals surface area (Å²) in [5.41, 5.74) is 4.60. The zero-order valence-corrected chi connectivity index (χ0v) is 15.7. The maximum absolute atomic E-state index is 13.2. The van der Waals surface area contributed by atoms with Gasteiger partial charge in [-0.15, -0.1) is 0 Å². The van der Waals surface area contributed by atoms with Crippen LogP contribution in [-0.4, -0.2) is 47.6 Å². The van der Waals surface area contributed by atoms with Crippen molar-refractivity contribution < 1.29 is 23.5 Å². The molecular weight excluding hydrogens is 393 g/mol. The molecule has 2 amide bonds. The standard InChI is InChI=1S/C20H18FN5O4/c21-13-3-1-12(2-4-13)15-8-16-20(28)25(22-10-26(16)24-15)9-19(27)23-14-5-6-17-18(7-14)30-11-29-17/h1-7,10,15-16,24H,8-9,11H2,(H,23,27). The number of hydrogen-bond acceptors (Lipinski definition) is 7. The summed E-state index contributed by atoms with van der Waals surface area (Å²) in [6.45, 7) is -0.0656. The molecule has 0 radical (unpaired) electrons. The van der Waals surface area contributed by atoms with Crippen molar-refractivity contribution in [3.63, 3.8) is 0 Å². The van der Waals surface area contributed by atoms with E-state index in [0.717, 1.165) is 10.6 Å². The molecule has 2 aromatic rings. The number of carbonyl (C=O) groups excluding carboxylic acids is 2. The fourth-order valence-electron chi connectivity index (χ4n) is 3.68. The molecule has 0 spiro atoms. The molecule has 0 bridgehead atoms. The van der Waals surface area contributed by atoms with Gasteiger partial charge in [-0.25, -0.2) is 14.8 Å². The van der Waals surface area contributed by atoms with Gasteiger partial charge >= 0.3 is 0 Å². The number of fused-ring (bicyclic) bond motifs is 2. The van der Waals surface area contributed by atoms with Crippen molar-refractivity contribution in [3.8, 4) is 11.5 Å². The highest BCUT2D eigenvalue weighted by Gasteiger charge is 2.41. The predicted molar refractivity (Wildman–Crippen MR) is 104 cm³/mol. The minimum atomic E-state index is -0.490. The Morgan fingerprint density at radius 3 is 2.83 bits per heavy atom. The molecule has 0 aromatic heterocycles. The van der Waals surface area contributed by atoms with E-state index in [1.54, 1.807) is 35.3 Å². The fraction of sp³-hybridized carbons (Fsp3) is 0.250. The van der Waals surface area contributed by atoms with E-state index in [1.165, 1.54) is 18.5 Å². The first-order valence-corrected chi connectivity index (χ1v) is 9.42. The third kappa shape index (κ3) is 3.41.